The molecule has 0 saturated heterocycles. The lowest BCUT2D eigenvalue weighted by Crippen LogP contribution is -2.56. The van der Waals surface area contributed by atoms with Crippen LogP contribution in [0.5, 0.6) is 0 Å². The van der Waals surface area contributed by atoms with Crippen molar-refractivity contribution < 1.29 is 14.0 Å². The lowest BCUT2D eigenvalue weighted by Gasteiger charge is -2.46. The van der Waals surface area contributed by atoms with E-state index in [2.05, 4.69) is 33.9 Å². The third-order valence-corrected chi connectivity index (χ3v) is 8.92. The van der Waals surface area contributed by atoms with E-state index in [0.717, 1.165) is 0 Å². The maximum Gasteiger partial charge on any atom is 0.314 e. The molecule has 0 aromatic carbocycles. The molecule has 18 heavy (non-hydrogen) atoms. The average Bonchev–Trinajstić information content (AvgIpc) is 2.19. The molecule has 2 N–H and O–H groups in total. The fourth-order valence-corrected chi connectivity index (χ4v) is 3.11. The summed E-state index contributed by atoms with van der Waals surface area (Å²) in [4.78, 5) is 11.9. The first-order valence-electron chi connectivity index (χ1n) is 6.52. The molecule has 0 atom stereocenters. The van der Waals surface area contributed by atoms with Crippen LogP contribution in [0.15, 0.2) is 0 Å². The minimum absolute atomic E-state index is 0.104. The molecule has 0 aromatic heterocycles. The van der Waals surface area contributed by atoms with Gasteiger partial charge in [0.05, 0.1) is 19.1 Å². The van der Waals surface area contributed by atoms with Gasteiger partial charge in [-0.2, -0.15) is 0 Å². The van der Waals surface area contributed by atoms with Crippen molar-refractivity contribution in [2.45, 2.75) is 57.8 Å². The van der Waals surface area contributed by atoms with Crippen molar-refractivity contribution in [3.8, 4) is 0 Å². The van der Waals surface area contributed by atoms with Crippen LogP contribution in [0.1, 0.15) is 33.6 Å². The van der Waals surface area contributed by atoms with E-state index in [4.69, 9.17) is 14.9 Å². The summed E-state index contributed by atoms with van der Waals surface area (Å²) >= 11 is 0. The molecule has 0 aliphatic heterocycles. The molecule has 0 unspecified atom stereocenters. The number of rotatable bonds is 4. The lowest BCUT2D eigenvalue weighted by molar-refractivity contribution is -0.162. The van der Waals surface area contributed by atoms with Gasteiger partial charge in [0.1, 0.15) is 0 Å². The Balaban J connectivity index is 2.68. The van der Waals surface area contributed by atoms with Crippen molar-refractivity contribution in [1.29, 1.82) is 0 Å². The predicted octanol–water partition coefficient (Wildman–Crippen LogP) is 2.29. The molecule has 1 aliphatic carbocycles. The number of nitrogens with two attached hydrogens (primary N) is 1. The fraction of sp³-hybridized carbons (Fsp3) is 0.923. The SMILES string of the molecule is COC(=O)[C@]1(CO[Si](C)(C)C(C)(C)C)C[C@H](N)C1. The van der Waals surface area contributed by atoms with E-state index >= 15 is 0 Å². The first kappa shape index (κ1) is 15.7. The van der Waals surface area contributed by atoms with E-state index in [9.17, 15) is 4.79 Å². The Kier molecular flexibility index (Phi) is 4.30. The molecule has 4 nitrogen and oxygen atoms in total. The van der Waals surface area contributed by atoms with Crippen LogP contribution in [0, 0.1) is 5.41 Å². The van der Waals surface area contributed by atoms with Gasteiger partial charge in [-0.1, -0.05) is 20.8 Å². The Morgan fingerprint density at radius 2 is 1.89 bits per heavy atom. The molecule has 1 fully saturated rings. The average molecular weight is 273 g/mol. The summed E-state index contributed by atoms with van der Waals surface area (Å²) in [5, 5.41) is 0.149. The molecular formula is C13H27NO3Si. The number of esters is 1. The normalized spacial score (nSPS) is 28.7. The van der Waals surface area contributed by atoms with Crippen molar-refractivity contribution in [2.75, 3.05) is 13.7 Å². The summed E-state index contributed by atoms with van der Waals surface area (Å²) in [6, 6.07) is 0.104. The van der Waals surface area contributed by atoms with Gasteiger partial charge >= 0.3 is 5.97 Å². The second-order valence-corrected chi connectivity index (χ2v) is 11.8. The molecule has 0 amide bonds. The van der Waals surface area contributed by atoms with Gasteiger partial charge in [0.25, 0.3) is 0 Å². The van der Waals surface area contributed by atoms with Crippen molar-refractivity contribution in [2.24, 2.45) is 11.1 Å². The molecule has 1 rings (SSSR count). The maximum absolute atomic E-state index is 11.9. The minimum atomic E-state index is -1.83. The Hall–Kier alpha value is -0.393. The van der Waals surface area contributed by atoms with Gasteiger partial charge in [-0.15, -0.1) is 0 Å². The monoisotopic (exact) mass is 273 g/mol. The van der Waals surface area contributed by atoms with Gasteiger partial charge in [-0.3, -0.25) is 4.79 Å². The van der Waals surface area contributed by atoms with Crippen molar-refractivity contribution >= 4 is 14.3 Å². The summed E-state index contributed by atoms with van der Waals surface area (Å²) in [6.45, 7) is 11.4. The molecule has 0 spiro atoms. The van der Waals surface area contributed by atoms with E-state index in [-0.39, 0.29) is 17.0 Å². The molecular weight excluding hydrogens is 246 g/mol. The molecule has 0 radical (unpaired) electrons. The van der Waals surface area contributed by atoms with E-state index in [1.807, 2.05) is 0 Å². The third-order valence-electron chi connectivity index (χ3n) is 4.44. The van der Waals surface area contributed by atoms with Crippen molar-refractivity contribution in [3.05, 3.63) is 0 Å². The van der Waals surface area contributed by atoms with Crippen LogP contribution >= 0.6 is 0 Å². The van der Waals surface area contributed by atoms with E-state index < -0.39 is 13.7 Å². The summed E-state index contributed by atoms with van der Waals surface area (Å²) in [6.07, 6.45) is 1.35. The van der Waals surface area contributed by atoms with Crippen molar-refractivity contribution in [1.82, 2.24) is 0 Å². The first-order valence-corrected chi connectivity index (χ1v) is 9.43. The summed E-state index contributed by atoms with van der Waals surface area (Å²) in [7, 11) is -0.395. The highest BCUT2D eigenvalue weighted by Gasteiger charge is 2.51. The number of methoxy groups -OCH3 is 1. The van der Waals surface area contributed by atoms with Gasteiger partial charge in [0.2, 0.25) is 0 Å². The summed E-state index contributed by atoms with van der Waals surface area (Å²) in [5.74, 6) is -0.178. The topological polar surface area (TPSA) is 61.5 Å². The van der Waals surface area contributed by atoms with E-state index in [1.54, 1.807) is 0 Å². The zero-order valence-corrected chi connectivity index (χ0v) is 13.5. The molecule has 1 aliphatic rings. The molecule has 5 heteroatoms. The highest BCUT2D eigenvalue weighted by atomic mass is 28.4. The number of hydrogen-bond acceptors (Lipinski definition) is 4. The highest BCUT2D eigenvalue weighted by molar-refractivity contribution is 6.74. The minimum Gasteiger partial charge on any atom is -0.469 e. The fourth-order valence-electron chi connectivity index (χ4n) is 2.04. The quantitative estimate of drug-likeness (QED) is 0.630. The van der Waals surface area contributed by atoms with Crippen LogP contribution in [0.2, 0.25) is 18.1 Å². The van der Waals surface area contributed by atoms with Crippen LogP contribution in [0.25, 0.3) is 0 Å². The highest BCUT2D eigenvalue weighted by Crippen LogP contribution is 2.44. The Labute approximate surface area is 111 Å². The summed E-state index contributed by atoms with van der Waals surface area (Å²) in [5.41, 5.74) is 5.32. The van der Waals surface area contributed by atoms with Gasteiger partial charge in [-0.25, -0.2) is 0 Å². The molecule has 1 saturated carbocycles. The van der Waals surface area contributed by atoms with Gasteiger partial charge in [-0.05, 0) is 31.0 Å². The Morgan fingerprint density at radius 3 is 2.22 bits per heavy atom. The number of carbonyl (C=O) groups excluding carboxylic acids is 1. The maximum atomic E-state index is 11.9. The Morgan fingerprint density at radius 1 is 1.39 bits per heavy atom. The molecule has 0 bridgehead atoms. The second kappa shape index (κ2) is 4.94. The third kappa shape index (κ3) is 2.95. The number of carbonyl (C=O) groups is 1. The van der Waals surface area contributed by atoms with Gasteiger partial charge in [0, 0.05) is 6.04 Å². The number of ether oxygens (including phenoxy) is 1. The largest absolute Gasteiger partial charge is 0.469 e. The van der Waals surface area contributed by atoms with Crippen LogP contribution in [-0.4, -0.2) is 34.0 Å². The van der Waals surface area contributed by atoms with E-state index in [0.29, 0.717) is 19.4 Å². The van der Waals surface area contributed by atoms with Crippen LogP contribution in [0.4, 0.5) is 0 Å². The lowest BCUT2D eigenvalue weighted by atomic mass is 9.66. The van der Waals surface area contributed by atoms with Crippen LogP contribution in [-0.2, 0) is 14.0 Å². The Bertz CT molecular complexity index is 317. The molecule has 0 aromatic rings. The summed E-state index contributed by atoms with van der Waals surface area (Å²) < 4.78 is 11.1. The second-order valence-electron chi connectivity index (χ2n) is 6.99. The van der Waals surface area contributed by atoms with Crippen molar-refractivity contribution in [3.63, 3.8) is 0 Å². The smallest absolute Gasteiger partial charge is 0.314 e. The standard InChI is InChI=1S/C13H27NO3Si/c1-12(2,3)18(5,6)17-9-13(11(15)16-4)7-10(14)8-13/h10H,7-9,14H2,1-6H3/t10-,13+. The zero-order chi connectivity index (χ0) is 14.2. The van der Waals surface area contributed by atoms with Gasteiger partial charge < -0.3 is 14.9 Å². The predicted molar refractivity (Wildman–Crippen MR) is 74.8 cm³/mol. The number of hydrogen-bond donors (Lipinski definition) is 1. The first-order chi connectivity index (χ1) is 8.04. The van der Waals surface area contributed by atoms with E-state index in [1.165, 1.54) is 7.11 Å². The van der Waals surface area contributed by atoms with Crippen LogP contribution in [0.3, 0.4) is 0 Å². The molecule has 0 heterocycles. The zero-order valence-electron chi connectivity index (χ0n) is 12.5. The molecule has 106 valence electrons. The van der Waals surface area contributed by atoms with Crippen LogP contribution < -0.4 is 5.73 Å². The van der Waals surface area contributed by atoms with Gasteiger partial charge in [0.15, 0.2) is 8.32 Å².